The van der Waals surface area contributed by atoms with Crippen molar-refractivity contribution in [2.75, 3.05) is 5.01 Å². The Morgan fingerprint density at radius 2 is 1.85 bits per heavy atom. The fraction of sp³-hybridized carbons (Fsp3) is 0.158. The molecule has 0 aliphatic carbocycles. The molecule has 0 fully saturated rings. The summed E-state index contributed by atoms with van der Waals surface area (Å²) in [7, 11) is 1.36. The van der Waals surface area contributed by atoms with E-state index in [2.05, 4.69) is 5.10 Å². The molecule has 0 unspecified atom stereocenters. The van der Waals surface area contributed by atoms with Crippen LogP contribution in [0.4, 0.5) is 5.69 Å². The van der Waals surface area contributed by atoms with Gasteiger partial charge in [-0.1, -0.05) is 11.6 Å². The van der Waals surface area contributed by atoms with Crippen molar-refractivity contribution in [3.05, 3.63) is 61.9 Å². The van der Waals surface area contributed by atoms with Gasteiger partial charge < -0.3 is 5.11 Å². The van der Waals surface area contributed by atoms with Gasteiger partial charge in [-0.05, 0) is 49.8 Å². The molecule has 1 aliphatic rings. The van der Waals surface area contributed by atoms with Crippen LogP contribution < -0.4 is 10.6 Å². The van der Waals surface area contributed by atoms with E-state index in [1.807, 2.05) is 6.07 Å². The summed E-state index contributed by atoms with van der Waals surface area (Å²) in [5.74, 6) is -0.712. The van der Waals surface area contributed by atoms with Crippen molar-refractivity contribution >= 4 is 35.0 Å². The lowest BCUT2D eigenvalue weighted by Gasteiger charge is -2.13. The summed E-state index contributed by atoms with van der Waals surface area (Å²) in [6.07, 6.45) is 1.45. The van der Waals surface area contributed by atoms with E-state index in [1.54, 1.807) is 38.1 Å². The van der Waals surface area contributed by atoms with Gasteiger partial charge >= 0.3 is 0 Å². The molecule has 1 amide bonds. The summed E-state index contributed by atoms with van der Waals surface area (Å²) in [4.78, 5) is 24.9. The second kappa shape index (κ2) is 6.74. The van der Waals surface area contributed by atoms with Crippen LogP contribution in [0.5, 0.6) is 5.88 Å². The lowest BCUT2D eigenvalue weighted by molar-refractivity contribution is -0.114. The van der Waals surface area contributed by atoms with E-state index in [-0.39, 0.29) is 28.5 Å². The third-order valence-corrected chi connectivity index (χ3v) is 4.64. The second-order valence-corrected chi connectivity index (χ2v) is 6.49. The molecule has 2 heterocycles. The molecule has 1 N–H and O–H groups in total. The number of benzene rings is 1. The van der Waals surface area contributed by atoms with Crippen LogP contribution in [-0.4, -0.2) is 21.3 Å². The maximum atomic E-state index is 12.8. The molecule has 8 heteroatoms. The highest BCUT2D eigenvalue weighted by Crippen LogP contribution is 2.29. The number of hydrogen-bond donors (Lipinski definition) is 1. The van der Waals surface area contributed by atoms with E-state index in [9.17, 15) is 20.0 Å². The number of hydrogen-bond acceptors (Lipinski definition) is 5. The Balaban J connectivity index is 2.12. The Labute approximate surface area is 160 Å². The normalized spacial score (nSPS) is 15.2. The first kappa shape index (κ1) is 18.4. The fourth-order valence-corrected chi connectivity index (χ4v) is 2.92. The minimum absolute atomic E-state index is 0.0863. The molecule has 0 bridgehead atoms. The average Bonchev–Trinajstić information content (AvgIpc) is 2.92. The summed E-state index contributed by atoms with van der Waals surface area (Å²) in [5.41, 5.74) is 1.09. The smallest absolute Gasteiger partial charge is 0.280 e. The molecular weight excluding hydrogens is 368 g/mol. The van der Waals surface area contributed by atoms with Gasteiger partial charge in [0.2, 0.25) is 5.88 Å². The number of halogens is 1. The van der Waals surface area contributed by atoms with Crippen LogP contribution in [0.1, 0.15) is 23.6 Å². The van der Waals surface area contributed by atoms with Crippen molar-refractivity contribution in [2.45, 2.75) is 13.8 Å². The van der Waals surface area contributed by atoms with Crippen molar-refractivity contribution in [2.24, 2.45) is 12.1 Å². The molecule has 3 rings (SSSR count). The molecule has 0 radical (unpaired) electrons. The van der Waals surface area contributed by atoms with Crippen molar-refractivity contribution in [3.63, 3.8) is 0 Å². The maximum absolute atomic E-state index is 12.8. The number of hydrazone groups is 1. The zero-order valence-electron chi connectivity index (χ0n) is 14.8. The van der Waals surface area contributed by atoms with Crippen LogP contribution in [0.2, 0.25) is 5.02 Å². The van der Waals surface area contributed by atoms with Crippen LogP contribution in [0.3, 0.4) is 0 Å². The Morgan fingerprint density at radius 1 is 1.22 bits per heavy atom. The maximum Gasteiger partial charge on any atom is 0.280 e. The van der Waals surface area contributed by atoms with Crippen LogP contribution in [-0.2, 0) is 11.8 Å². The number of pyridine rings is 1. The first-order valence-electron chi connectivity index (χ1n) is 7.96. The van der Waals surface area contributed by atoms with E-state index in [0.717, 1.165) is 4.57 Å². The summed E-state index contributed by atoms with van der Waals surface area (Å²) in [5, 5.41) is 25.6. The third-order valence-electron chi connectivity index (χ3n) is 4.39. The zero-order chi connectivity index (χ0) is 19.9. The number of nitriles is 1. The van der Waals surface area contributed by atoms with Crippen LogP contribution in [0, 0.1) is 18.3 Å². The minimum atomic E-state index is -0.597. The van der Waals surface area contributed by atoms with E-state index in [1.165, 1.54) is 18.1 Å². The highest BCUT2D eigenvalue weighted by Gasteiger charge is 2.29. The number of carbonyl (C=O) groups excluding carboxylic acids is 1. The van der Waals surface area contributed by atoms with Gasteiger partial charge in [0.25, 0.3) is 11.5 Å². The summed E-state index contributed by atoms with van der Waals surface area (Å²) in [6.45, 7) is 3.22. The molecule has 0 spiro atoms. The van der Waals surface area contributed by atoms with Crippen LogP contribution in [0.25, 0.3) is 6.08 Å². The van der Waals surface area contributed by atoms with Gasteiger partial charge in [-0.15, -0.1) is 0 Å². The summed E-state index contributed by atoms with van der Waals surface area (Å²) < 4.78 is 0.973. The van der Waals surface area contributed by atoms with Crippen molar-refractivity contribution in [3.8, 4) is 11.9 Å². The van der Waals surface area contributed by atoms with E-state index in [4.69, 9.17) is 11.6 Å². The topological polar surface area (TPSA) is 98.7 Å². The van der Waals surface area contributed by atoms with Crippen LogP contribution in [0.15, 0.2) is 39.7 Å². The lowest BCUT2D eigenvalue weighted by atomic mass is 10.0. The van der Waals surface area contributed by atoms with Crippen molar-refractivity contribution < 1.29 is 9.90 Å². The predicted molar refractivity (Wildman–Crippen MR) is 103 cm³/mol. The first-order valence-corrected chi connectivity index (χ1v) is 8.34. The first-order chi connectivity index (χ1) is 12.8. The second-order valence-electron chi connectivity index (χ2n) is 6.05. The molecule has 1 aromatic carbocycles. The van der Waals surface area contributed by atoms with Gasteiger partial charge in [0.1, 0.15) is 11.6 Å². The molecule has 1 aromatic heterocycles. The Morgan fingerprint density at radius 3 is 2.44 bits per heavy atom. The van der Waals surface area contributed by atoms with Gasteiger partial charge in [0.15, 0.2) is 0 Å². The number of amides is 1. The number of aromatic nitrogens is 1. The van der Waals surface area contributed by atoms with Gasteiger partial charge in [0, 0.05) is 17.6 Å². The molecule has 2 aromatic rings. The summed E-state index contributed by atoms with van der Waals surface area (Å²) >= 11 is 5.88. The predicted octanol–water partition coefficient (Wildman–Crippen LogP) is 2.73. The van der Waals surface area contributed by atoms with Gasteiger partial charge in [-0.3, -0.25) is 14.2 Å². The summed E-state index contributed by atoms with van der Waals surface area (Å²) in [6, 6.07) is 8.49. The van der Waals surface area contributed by atoms with E-state index < -0.39 is 5.56 Å². The number of carbonyl (C=O) groups is 1. The van der Waals surface area contributed by atoms with E-state index in [0.29, 0.717) is 22.0 Å². The molecule has 27 heavy (non-hydrogen) atoms. The molecular formula is C19H15ClN4O3. The Bertz CT molecular complexity index is 1120. The van der Waals surface area contributed by atoms with Gasteiger partial charge in [0.05, 0.1) is 17.0 Å². The van der Waals surface area contributed by atoms with Crippen molar-refractivity contribution in [1.82, 2.24) is 4.57 Å². The highest BCUT2D eigenvalue weighted by atomic mass is 35.5. The zero-order valence-corrected chi connectivity index (χ0v) is 15.6. The highest BCUT2D eigenvalue weighted by molar-refractivity contribution is 6.32. The molecule has 0 saturated carbocycles. The lowest BCUT2D eigenvalue weighted by Crippen LogP contribution is -2.23. The third kappa shape index (κ3) is 3.00. The molecule has 1 aliphatic heterocycles. The van der Waals surface area contributed by atoms with Crippen LogP contribution >= 0.6 is 11.6 Å². The number of aromatic hydroxyl groups is 1. The molecule has 0 saturated heterocycles. The largest absolute Gasteiger partial charge is 0.494 e. The van der Waals surface area contributed by atoms with Gasteiger partial charge in [-0.25, -0.2) is 0 Å². The van der Waals surface area contributed by atoms with Crippen molar-refractivity contribution in [1.29, 1.82) is 5.26 Å². The monoisotopic (exact) mass is 382 g/mol. The SMILES string of the molecule is CC1=NN(c2ccc(Cl)cc2)C(=O)/C1=C\c1c(C)c(C#N)c(=O)n(C)c1O. The Kier molecular flexibility index (Phi) is 4.60. The standard InChI is InChI=1S/C19H15ClN4O3/c1-10-14(17(25)23(3)18(26)16(10)9-21)8-15-11(2)22-24(19(15)27)13-6-4-12(20)5-7-13/h4-8,25H,1-3H3/b15-8-. The van der Waals surface area contributed by atoms with Gasteiger partial charge in [-0.2, -0.15) is 15.4 Å². The number of rotatable bonds is 2. The fourth-order valence-electron chi connectivity index (χ4n) is 2.80. The van der Waals surface area contributed by atoms with E-state index >= 15 is 0 Å². The number of anilines is 1. The molecule has 136 valence electrons. The minimum Gasteiger partial charge on any atom is -0.494 e. The average molecular weight is 383 g/mol. The molecule has 0 atom stereocenters. The number of nitrogens with zero attached hydrogens (tertiary/aromatic N) is 4. The quantitative estimate of drug-likeness (QED) is 0.807. The molecule has 7 nitrogen and oxygen atoms in total. The Hall–Kier alpha value is -3.37.